The smallest absolute Gasteiger partial charge is 0.223 e. The summed E-state index contributed by atoms with van der Waals surface area (Å²) >= 11 is 0. The Kier molecular flexibility index (Phi) is 6.11. The molecule has 2 heterocycles. The molecular weight excluding hydrogens is 352 g/mol. The van der Waals surface area contributed by atoms with Gasteiger partial charge in [-0.25, -0.2) is 8.78 Å². The molecule has 5 nitrogen and oxygen atoms in total. The molecule has 1 fully saturated rings. The lowest BCUT2D eigenvalue weighted by atomic mass is 10.1. The number of aromatic nitrogens is 1. The van der Waals surface area contributed by atoms with Crippen LogP contribution in [0.3, 0.4) is 0 Å². The molecule has 1 aromatic carbocycles. The largest absolute Gasteiger partial charge is 0.356 e. The van der Waals surface area contributed by atoms with Crippen LogP contribution >= 0.6 is 0 Å². The zero-order chi connectivity index (χ0) is 19.2. The number of carbonyl (C=O) groups excluding carboxylic acids is 2. The second-order valence-corrected chi connectivity index (χ2v) is 6.55. The predicted molar refractivity (Wildman–Crippen MR) is 95.5 cm³/mol. The van der Waals surface area contributed by atoms with E-state index in [0.717, 1.165) is 11.8 Å². The molecule has 27 heavy (non-hydrogen) atoms. The van der Waals surface area contributed by atoms with Crippen molar-refractivity contribution in [2.75, 3.05) is 6.54 Å². The van der Waals surface area contributed by atoms with E-state index in [9.17, 15) is 18.4 Å². The number of nitrogens with one attached hydrogen (secondary N) is 1. The monoisotopic (exact) mass is 373 g/mol. The normalized spacial score (nSPS) is 16.6. The van der Waals surface area contributed by atoms with Crippen molar-refractivity contribution in [2.45, 2.75) is 38.3 Å². The van der Waals surface area contributed by atoms with E-state index < -0.39 is 11.6 Å². The molecule has 1 atom stereocenters. The van der Waals surface area contributed by atoms with E-state index in [1.165, 1.54) is 17.0 Å². The van der Waals surface area contributed by atoms with Gasteiger partial charge in [0.2, 0.25) is 11.8 Å². The first kappa shape index (κ1) is 18.9. The van der Waals surface area contributed by atoms with Crippen molar-refractivity contribution in [1.29, 1.82) is 0 Å². The molecule has 1 saturated heterocycles. The van der Waals surface area contributed by atoms with Gasteiger partial charge < -0.3 is 10.2 Å². The van der Waals surface area contributed by atoms with E-state index in [4.69, 9.17) is 0 Å². The number of amides is 2. The Morgan fingerprint density at radius 2 is 2.07 bits per heavy atom. The number of hydrogen-bond acceptors (Lipinski definition) is 3. The lowest BCUT2D eigenvalue weighted by Gasteiger charge is -2.25. The van der Waals surface area contributed by atoms with Crippen LogP contribution in [0.2, 0.25) is 0 Å². The molecule has 1 aliphatic heterocycles. The number of hydrogen-bond donors (Lipinski definition) is 1. The SMILES string of the molecule is O=C(CC1CCC(=O)N1Cc1cccc(F)c1F)NCCc1ccccn1. The quantitative estimate of drug-likeness (QED) is 0.812. The van der Waals surface area contributed by atoms with Gasteiger partial charge in [-0.15, -0.1) is 0 Å². The highest BCUT2D eigenvalue weighted by Crippen LogP contribution is 2.25. The molecule has 1 aromatic heterocycles. The highest BCUT2D eigenvalue weighted by atomic mass is 19.2. The van der Waals surface area contributed by atoms with Crippen LogP contribution in [0.1, 0.15) is 30.5 Å². The Morgan fingerprint density at radius 3 is 2.85 bits per heavy atom. The molecule has 7 heteroatoms. The number of likely N-dealkylation sites (tertiary alicyclic amines) is 1. The molecule has 3 rings (SSSR count). The van der Waals surface area contributed by atoms with Crippen molar-refractivity contribution < 1.29 is 18.4 Å². The minimum absolute atomic E-state index is 0.0334. The van der Waals surface area contributed by atoms with E-state index in [1.807, 2.05) is 18.2 Å². The Bertz CT molecular complexity index is 814. The van der Waals surface area contributed by atoms with Crippen molar-refractivity contribution in [1.82, 2.24) is 15.2 Å². The molecular formula is C20H21F2N3O2. The maximum absolute atomic E-state index is 13.9. The molecule has 2 aromatic rings. The lowest BCUT2D eigenvalue weighted by Crippen LogP contribution is -2.37. The zero-order valence-corrected chi connectivity index (χ0v) is 14.8. The average Bonchev–Trinajstić information content (AvgIpc) is 2.99. The van der Waals surface area contributed by atoms with Crippen molar-refractivity contribution in [3.05, 3.63) is 65.5 Å². The minimum atomic E-state index is -0.948. The Morgan fingerprint density at radius 1 is 1.22 bits per heavy atom. The molecule has 0 saturated carbocycles. The van der Waals surface area contributed by atoms with Crippen LogP contribution in [0.25, 0.3) is 0 Å². The fourth-order valence-electron chi connectivity index (χ4n) is 3.24. The molecule has 0 bridgehead atoms. The second-order valence-electron chi connectivity index (χ2n) is 6.55. The van der Waals surface area contributed by atoms with Gasteiger partial charge >= 0.3 is 0 Å². The van der Waals surface area contributed by atoms with Gasteiger partial charge in [-0.1, -0.05) is 18.2 Å². The Labute approximate surface area is 156 Å². The predicted octanol–water partition coefficient (Wildman–Crippen LogP) is 2.60. The van der Waals surface area contributed by atoms with Gasteiger partial charge in [-0.2, -0.15) is 0 Å². The van der Waals surface area contributed by atoms with Crippen LogP contribution in [0.5, 0.6) is 0 Å². The van der Waals surface area contributed by atoms with E-state index in [1.54, 1.807) is 6.20 Å². The van der Waals surface area contributed by atoms with Crippen LogP contribution < -0.4 is 5.32 Å². The van der Waals surface area contributed by atoms with Gasteiger partial charge in [0, 0.05) is 55.8 Å². The molecule has 142 valence electrons. The number of nitrogens with zero attached hydrogens (tertiary/aromatic N) is 2. The van der Waals surface area contributed by atoms with Crippen molar-refractivity contribution in [3.8, 4) is 0 Å². The number of halogens is 2. The van der Waals surface area contributed by atoms with Gasteiger partial charge in [-0.3, -0.25) is 14.6 Å². The molecule has 0 radical (unpaired) electrons. The van der Waals surface area contributed by atoms with Crippen molar-refractivity contribution in [2.24, 2.45) is 0 Å². The standard InChI is InChI=1S/C20H21F2N3O2/c21-17-6-3-4-14(20(17)22)13-25-16(7-8-19(25)27)12-18(26)24-11-9-15-5-1-2-10-23-15/h1-6,10,16H,7-9,11-13H2,(H,24,26). The van der Waals surface area contributed by atoms with Crippen molar-refractivity contribution >= 4 is 11.8 Å². The lowest BCUT2D eigenvalue weighted by molar-refractivity contribution is -0.130. The first-order valence-electron chi connectivity index (χ1n) is 8.93. The zero-order valence-electron chi connectivity index (χ0n) is 14.8. The molecule has 1 unspecified atom stereocenters. The van der Waals surface area contributed by atoms with Crippen LogP contribution in [-0.2, 0) is 22.6 Å². The number of carbonyl (C=O) groups is 2. The number of rotatable bonds is 7. The summed E-state index contributed by atoms with van der Waals surface area (Å²) < 4.78 is 27.3. The highest BCUT2D eigenvalue weighted by molar-refractivity contribution is 5.82. The van der Waals surface area contributed by atoms with E-state index in [0.29, 0.717) is 25.8 Å². The van der Waals surface area contributed by atoms with Gasteiger partial charge in [0.25, 0.3) is 0 Å². The van der Waals surface area contributed by atoms with Gasteiger partial charge in [0.1, 0.15) is 0 Å². The summed E-state index contributed by atoms with van der Waals surface area (Å²) in [6.45, 7) is 0.420. The Hall–Kier alpha value is -2.83. The third-order valence-corrected chi connectivity index (χ3v) is 4.68. The first-order valence-corrected chi connectivity index (χ1v) is 8.93. The topological polar surface area (TPSA) is 62.3 Å². The summed E-state index contributed by atoms with van der Waals surface area (Å²) in [4.78, 5) is 30.0. The highest BCUT2D eigenvalue weighted by Gasteiger charge is 2.33. The van der Waals surface area contributed by atoms with Gasteiger partial charge in [0.05, 0.1) is 0 Å². The molecule has 1 N–H and O–H groups in total. The summed E-state index contributed by atoms with van der Waals surface area (Å²) in [7, 11) is 0. The van der Waals surface area contributed by atoms with E-state index in [2.05, 4.69) is 10.3 Å². The second kappa shape index (κ2) is 8.70. The minimum Gasteiger partial charge on any atom is -0.356 e. The summed E-state index contributed by atoms with van der Waals surface area (Å²) in [5, 5.41) is 2.83. The van der Waals surface area contributed by atoms with E-state index in [-0.39, 0.29) is 36.4 Å². The maximum Gasteiger partial charge on any atom is 0.223 e. The maximum atomic E-state index is 13.9. The van der Waals surface area contributed by atoms with Gasteiger partial charge in [-0.05, 0) is 24.6 Å². The molecule has 0 spiro atoms. The summed E-state index contributed by atoms with van der Waals surface area (Å²) in [6, 6.07) is 9.19. The third kappa shape index (κ3) is 4.87. The van der Waals surface area contributed by atoms with Gasteiger partial charge in [0.15, 0.2) is 11.6 Å². The fraction of sp³-hybridized carbons (Fsp3) is 0.350. The van der Waals surface area contributed by atoms with Crippen LogP contribution in [0, 0.1) is 11.6 Å². The molecule has 2 amide bonds. The third-order valence-electron chi connectivity index (χ3n) is 4.68. The van der Waals surface area contributed by atoms with Crippen LogP contribution in [0.15, 0.2) is 42.6 Å². The van der Waals surface area contributed by atoms with Crippen molar-refractivity contribution in [3.63, 3.8) is 0 Å². The average molecular weight is 373 g/mol. The Balaban J connectivity index is 1.54. The summed E-state index contributed by atoms with van der Waals surface area (Å²) in [5.41, 5.74) is 1.00. The summed E-state index contributed by atoms with van der Waals surface area (Å²) in [6.07, 6.45) is 3.30. The fourth-order valence-corrected chi connectivity index (χ4v) is 3.24. The first-order chi connectivity index (χ1) is 13.0. The van der Waals surface area contributed by atoms with Crippen LogP contribution in [0.4, 0.5) is 8.78 Å². The van der Waals surface area contributed by atoms with Crippen LogP contribution in [-0.4, -0.2) is 34.3 Å². The number of benzene rings is 1. The van der Waals surface area contributed by atoms with E-state index >= 15 is 0 Å². The summed E-state index contributed by atoms with van der Waals surface area (Å²) in [5.74, 6) is -2.21. The number of pyridine rings is 1. The molecule has 0 aliphatic carbocycles. The molecule has 1 aliphatic rings.